The Labute approximate surface area is 197 Å². The Balaban J connectivity index is 2.83. The van der Waals surface area contributed by atoms with Crippen molar-refractivity contribution in [1.29, 1.82) is 0 Å². The molecule has 1 rings (SSSR count). The van der Waals surface area contributed by atoms with Gasteiger partial charge in [0.15, 0.2) is 0 Å². The highest BCUT2D eigenvalue weighted by molar-refractivity contribution is 7.80. The number of amides is 3. The van der Waals surface area contributed by atoms with Crippen LogP contribution in [-0.4, -0.2) is 75.5 Å². The summed E-state index contributed by atoms with van der Waals surface area (Å²) in [5, 5.41) is 34.6. The lowest BCUT2D eigenvalue weighted by atomic mass is 10.0. The van der Waals surface area contributed by atoms with Crippen LogP contribution in [-0.2, 0) is 25.6 Å². The molecule has 0 radical (unpaired) electrons. The van der Waals surface area contributed by atoms with E-state index in [1.54, 1.807) is 12.1 Å². The van der Waals surface area contributed by atoms with Crippen LogP contribution < -0.4 is 21.7 Å². The van der Waals surface area contributed by atoms with Crippen molar-refractivity contribution in [1.82, 2.24) is 16.0 Å². The van der Waals surface area contributed by atoms with Crippen molar-refractivity contribution in [2.75, 3.05) is 12.4 Å². The van der Waals surface area contributed by atoms with Gasteiger partial charge in [-0.25, -0.2) is 4.79 Å². The number of aliphatic hydroxyl groups excluding tert-OH is 1. The second-order valence-corrected chi connectivity index (χ2v) is 8.36. The van der Waals surface area contributed by atoms with Gasteiger partial charge in [0.1, 0.15) is 23.9 Å². The third kappa shape index (κ3) is 9.68. The van der Waals surface area contributed by atoms with Gasteiger partial charge in [-0.2, -0.15) is 12.6 Å². The number of phenolic OH excluding ortho intramolecular Hbond substituents is 1. The van der Waals surface area contributed by atoms with E-state index >= 15 is 0 Å². The summed E-state index contributed by atoms with van der Waals surface area (Å²) in [6, 6.07) is 1.55. The first kappa shape index (κ1) is 28.2. The van der Waals surface area contributed by atoms with Crippen LogP contribution in [0.1, 0.15) is 25.8 Å². The van der Waals surface area contributed by atoms with E-state index < -0.39 is 54.5 Å². The minimum atomic E-state index is -1.53. The zero-order valence-electron chi connectivity index (χ0n) is 18.5. The van der Waals surface area contributed by atoms with E-state index in [-0.39, 0.29) is 30.3 Å². The number of aromatic hydroxyl groups is 1. The number of nitrogens with two attached hydrogens (primary N) is 1. The maximum atomic E-state index is 12.8. The van der Waals surface area contributed by atoms with E-state index in [2.05, 4.69) is 28.6 Å². The summed E-state index contributed by atoms with van der Waals surface area (Å²) in [7, 11) is 0. The number of hydrogen-bond donors (Lipinski definition) is 8. The molecule has 0 bridgehead atoms. The number of carbonyl (C=O) groups excluding carboxylic acids is 3. The molecular weight excluding hydrogens is 452 g/mol. The molecule has 184 valence electrons. The number of carboxylic acids is 1. The molecule has 0 aromatic heterocycles. The van der Waals surface area contributed by atoms with Gasteiger partial charge in [0, 0.05) is 5.75 Å². The zero-order valence-corrected chi connectivity index (χ0v) is 19.4. The van der Waals surface area contributed by atoms with Crippen LogP contribution in [0.25, 0.3) is 0 Å². The summed E-state index contributed by atoms with van der Waals surface area (Å²) < 4.78 is 0. The highest BCUT2D eigenvalue weighted by Gasteiger charge is 2.30. The Morgan fingerprint density at radius 3 is 1.94 bits per heavy atom. The van der Waals surface area contributed by atoms with Crippen LogP contribution in [0, 0.1) is 5.92 Å². The third-order valence-electron chi connectivity index (χ3n) is 4.68. The number of benzene rings is 1. The number of thiol groups is 1. The van der Waals surface area contributed by atoms with Crippen molar-refractivity contribution >= 4 is 36.3 Å². The van der Waals surface area contributed by atoms with Gasteiger partial charge in [-0.05, 0) is 36.5 Å². The first-order valence-corrected chi connectivity index (χ1v) is 11.0. The molecule has 0 heterocycles. The second-order valence-electron chi connectivity index (χ2n) is 7.99. The van der Waals surface area contributed by atoms with Gasteiger partial charge < -0.3 is 37.0 Å². The van der Waals surface area contributed by atoms with Crippen molar-refractivity contribution < 1.29 is 34.5 Å². The molecule has 33 heavy (non-hydrogen) atoms. The van der Waals surface area contributed by atoms with Crippen molar-refractivity contribution in [3.8, 4) is 5.75 Å². The number of carboxylic acid groups (broad SMARTS) is 1. The molecule has 3 amide bonds. The van der Waals surface area contributed by atoms with Crippen LogP contribution in [0.15, 0.2) is 24.3 Å². The fourth-order valence-corrected chi connectivity index (χ4v) is 3.14. The molecule has 11 nitrogen and oxygen atoms in total. The van der Waals surface area contributed by atoms with E-state index in [1.807, 2.05) is 13.8 Å². The van der Waals surface area contributed by atoms with Crippen molar-refractivity contribution in [3.63, 3.8) is 0 Å². The minimum Gasteiger partial charge on any atom is -0.508 e. The predicted octanol–water partition coefficient (Wildman–Crippen LogP) is -1.23. The molecule has 12 heteroatoms. The predicted molar refractivity (Wildman–Crippen MR) is 124 cm³/mol. The molecule has 0 aliphatic rings. The molecule has 0 aliphatic carbocycles. The van der Waals surface area contributed by atoms with Crippen LogP contribution in [0.5, 0.6) is 5.75 Å². The fourth-order valence-electron chi connectivity index (χ4n) is 2.88. The lowest BCUT2D eigenvalue weighted by Crippen LogP contribution is -2.58. The van der Waals surface area contributed by atoms with Gasteiger partial charge in [0.2, 0.25) is 17.7 Å². The first-order chi connectivity index (χ1) is 15.5. The standard InChI is InChI=1S/C21H32N4O7S/c1-11(2)7-15(23-18(28)14(22)8-12-3-5-13(27)6-4-12)19(29)25-17(10-33)20(30)24-16(9-26)21(31)32/h3-6,11,14-17,26-27,33H,7-10,22H2,1-2H3,(H,23,28)(H,24,30)(H,25,29)(H,31,32). The van der Waals surface area contributed by atoms with Crippen molar-refractivity contribution in [3.05, 3.63) is 29.8 Å². The zero-order chi connectivity index (χ0) is 25.1. The molecule has 0 fully saturated rings. The molecule has 4 atom stereocenters. The molecule has 0 saturated carbocycles. The summed E-state index contributed by atoms with van der Waals surface area (Å²) in [5.41, 5.74) is 6.70. The SMILES string of the molecule is CC(C)CC(NC(=O)C(N)Cc1ccc(O)cc1)C(=O)NC(CS)C(=O)NC(CO)C(=O)O. The van der Waals surface area contributed by atoms with Gasteiger partial charge in [0.05, 0.1) is 12.6 Å². The maximum Gasteiger partial charge on any atom is 0.328 e. The maximum absolute atomic E-state index is 12.8. The van der Waals surface area contributed by atoms with Crippen LogP contribution in [0.4, 0.5) is 0 Å². The van der Waals surface area contributed by atoms with E-state index in [9.17, 15) is 24.3 Å². The average Bonchev–Trinajstić information content (AvgIpc) is 2.75. The van der Waals surface area contributed by atoms with Crippen molar-refractivity contribution in [2.24, 2.45) is 11.7 Å². The molecule has 0 saturated heterocycles. The molecule has 0 aliphatic heterocycles. The molecule has 8 N–H and O–H groups in total. The summed E-state index contributed by atoms with van der Waals surface area (Å²) in [4.78, 5) is 48.7. The highest BCUT2D eigenvalue weighted by atomic mass is 32.1. The quantitative estimate of drug-likeness (QED) is 0.160. The van der Waals surface area contributed by atoms with Gasteiger partial charge in [-0.15, -0.1) is 0 Å². The van der Waals surface area contributed by atoms with Crippen LogP contribution in [0.3, 0.4) is 0 Å². The third-order valence-corrected chi connectivity index (χ3v) is 5.05. The summed E-state index contributed by atoms with van der Waals surface area (Å²) in [6.45, 7) is 2.88. The fraction of sp³-hybridized carbons (Fsp3) is 0.524. The Bertz CT molecular complexity index is 819. The van der Waals surface area contributed by atoms with Crippen LogP contribution in [0.2, 0.25) is 0 Å². The summed E-state index contributed by atoms with van der Waals surface area (Å²) >= 11 is 4.03. The second kappa shape index (κ2) is 13.7. The monoisotopic (exact) mass is 484 g/mol. The summed E-state index contributed by atoms with van der Waals surface area (Å²) in [6.07, 6.45) is 0.445. The molecule has 1 aromatic carbocycles. The number of aliphatic hydroxyl groups is 1. The molecule has 1 aromatic rings. The number of aliphatic carboxylic acids is 1. The number of rotatable bonds is 13. The lowest BCUT2D eigenvalue weighted by molar-refractivity contribution is -0.143. The van der Waals surface area contributed by atoms with Crippen LogP contribution >= 0.6 is 12.6 Å². The topological polar surface area (TPSA) is 191 Å². The van der Waals surface area contributed by atoms with Gasteiger partial charge in [-0.3, -0.25) is 14.4 Å². The van der Waals surface area contributed by atoms with Gasteiger partial charge in [-0.1, -0.05) is 26.0 Å². The van der Waals surface area contributed by atoms with E-state index in [0.717, 1.165) is 5.56 Å². The first-order valence-electron chi connectivity index (χ1n) is 10.4. The van der Waals surface area contributed by atoms with E-state index in [4.69, 9.17) is 15.9 Å². The molecular formula is C21H32N4O7S. The largest absolute Gasteiger partial charge is 0.508 e. The van der Waals surface area contributed by atoms with Gasteiger partial charge >= 0.3 is 5.97 Å². The van der Waals surface area contributed by atoms with Gasteiger partial charge in [0.25, 0.3) is 0 Å². The normalized spacial score (nSPS) is 14.6. The van der Waals surface area contributed by atoms with E-state index in [0.29, 0.717) is 0 Å². The smallest absolute Gasteiger partial charge is 0.328 e. The Hall–Kier alpha value is -2.83. The average molecular weight is 485 g/mol. The minimum absolute atomic E-state index is 0.0171. The Kier molecular flexibility index (Phi) is 11.7. The molecule has 0 spiro atoms. The number of hydrogen-bond acceptors (Lipinski definition) is 8. The van der Waals surface area contributed by atoms with E-state index in [1.165, 1.54) is 12.1 Å². The summed E-state index contributed by atoms with van der Waals surface area (Å²) in [5.74, 6) is -3.52. The number of carbonyl (C=O) groups is 4. The van der Waals surface area contributed by atoms with Crippen molar-refractivity contribution in [2.45, 2.75) is 50.9 Å². The molecule has 4 unspecified atom stereocenters. The Morgan fingerprint density at radius 1 is 0.939 bits per heavy atom. The number of nitrogens with one attached hydrogen (secondary N) is 3. The Morgan fingerprint density at radius 2 is 1.45 bits per heavy atom. The number of phenols is 1. The lowest BCUT2D eigenvalue weighted by Gasteiger charge is -2.25. The highest BCUT2D eigenvalue weighted by Crippen LogP contribution is 2.11.